The zero-order valence-electron chi connectivity index (χ0n) is 7.93. The number of rotatable bonds is 4. The molecule has 1 aromatic carbocycles. The zero-order valence-corrected chi connectivity index (χ0v) is 9.50. The van der Waals surface area contributed by atoms with Gasteiger partial charge in [-0.2, -0.15) is 0 Å². The van der Waals surface area contributed by atoms with Gasteiger partial charge in [0.05, 0.1) is 10.6 Å². The van der Waals surface area contributed by atoms with Crippen LogP contribution in [0, 0.1) is 0 Å². The predicted molar refractivity (Wildman–Crippen MR) is 56.0 cm³/mol. The third-order valence-electron chi connectivity index (χ3n) is 1.81. The fourth-order valence-electron chi connectivity index (χ4n) is 1.00. The molecule has 0 bridgehead atoms. The molecule has 0 spiro atoms. The number of carboxylic acids is 1. The molecule has 1 aromatic rings. The summed E-state index contributed by atoms with van der Waals surface area (Å²) in [4.78, 5) is 10.0. The van der Waals surface area contributed by atoms with Crippen LogP contribution >= 0.6 is 11.6 Å². The Morgan fingerprint density at radius 3 is 2.31 bits per heavy atom. The molecule has 1 unspecified atom stereocenters. The first kappa shape index (κ1) is 12.9. The Morgan fingerprint density at radius 1 is 1.38 bits per heavy atom. The number of alkyl halides is 1. The van der Waals surface area contributed by atoms with Crippen molar-refractivity contribution in [3.8, 4) is 0 Å². The van der Waals surface area contributed by atoms with Gasteiger partial charge in [0.2, 0.25) is 6.17 Å². The van der Waals surface area contributed by atoms with Crippen molar-refractivity contribution in [2.24, 2.45) is 0 Å². The molecule has 4 nitrogen and oxygen atoms in total. The van der Waals surface area contributed by atoms with E-state index in [1.54, 1.807) is 0 Å². The minimum absolute atomic E-state index is 0.152. The lowest BCUT2D eigenvalue weighted by Gasteiger charge is -2.05. The van der Waals surface area contributed by atoms with E-state index in [0.29, 0.717) is 5.02 Å². The van der Waals surface area contributed by atoms with Crippen molar-refractivity contribution in [2.75, 3.05) is 5.75 Å². The maximum Gasteiger partial charge on any atom is 0.339 e. The fourth-order valence-corrected chi connectivity index (χ4v) is 2.40. The van der Waals surface area contributed by atoms with Crippen molar-refractivity contribution in [3.63, 3.8) is 0 Å². The lowest BCUT2D eigenvalue weighted by Crippen LogP contribution is -2.25. The molecule has 88 valence electrons. The SMILES string of the molecule is O=C(O)C(F)CS(=O)(=O)c1ccc(Cl)cc1. The van der Waals surface area contributed by atoms with E-state index in [1.807, 2.05) is 0 Å². The summed E-state index contributed by atoms with van der Waals surface area (Å²) in [6, 6.07) is 5.07. The van der Waals surface area contributed by atoms with Crippen molar-refractivity contribution >= 4 is 27.4 Å². The number of carboxylic acid groups (broad SMARTS) is 1. The van der Waals surface area contributed by atoms with E-state index in [-0.39, 0.29) is 4.90 Å². The molecule has 0 heterocycles. The largest absolute Gasteiger partial charge is 0.479 e. The highest BCUT2D eigenvalue weighted by Gasteiger charge is 2.25. The summed E-state index contributed by atoms with van der Waals surface area (Å²) in [5.41, 5.74) is 0. The summed E-state index contributed by atoms with van der Waals surface area (Å²) in [6.07, 6.45) is -2.43. The highest BCUT2D eigenvalue weighted by molar-refractivity contribution is 7.91. The van der Waals surface area contributed by atoms with Gasteiger partial charge in [0, 0.05) is 5.02 Å². The summed E-state index contributed by atoms with van der Waals surface area (Å²) in [7, 11) is -3.94. The molecule has 0 aliphatic rings. The molecular weight excluding hydrogens is 259 g/mol. The van der Waals surface area contributed by atoms with E-state index in [0.717, 1.165) is 0 Å². The van der Waals surface area contributed by atoms with Gasteiger partial charge in [-0.05, 0) is 24.3 Å². The zero-order chi connectivity index (χ0) is 12.3. The molecular formula is C9H8ClFO4S. The van der Waals surface area contributed by atoms with Crippen LogP contribution in [-0.2, 0) is 14.6 Å². The second kappa shape index (κ2) is 4.80. The molecule has 0 fully saturated rings. The first-order chi connectivity index (χ1) is 7.33. The van der Waals surface area contributed by atoms with Gasteiger partial charge in [0.1, 0.15) is 0 Å². The van der Waals surface area contributed by atoms with E-state index >= 15 is 0 Å². The van der Waals surface area contributed by atoms with Gasteiger partial charge in [0.25, 0.3) is 0 Å². The van der Waals surface area contributed by atoms with Crippen LogP contribution < -0.4 is 0 Å². The number of sulfone groups is 1. The van der Waals surface area contributed by atoms with Crippen molar-refractivity contribution in [1.29, 1.82) is 0 Å². The van der Waals surface area contributed by atoms with Crippen LogP contribution in [0.5, 0.6) is 0 Å². The van der Waals surface area contributed by atoms with E-state index < -0.39 is 27.7 Å². The van der Waals surface area contributed by atoms with Crippen LogP contribution in [0.15, 0.2) is 29.2 Å². The van der Waals surface area contributed by atoms with Crippen molar-refractivity contribution in [2.45, 2.75) is 11.1 Å². The predicted octanol–water partition coefficient (Wildman–Crippen LogP) is 1.54. The maximum atomic E-state index is 12.8. The van der Waals surface area contributed by atoms with Gasteiger partial charge in [-0.15, -0.1) is 0 Å². The quantitative estimate of drug-likeness (QED) is 0.897. The first-order valence-corrected chi connectivity index (χ1v) is 6.21. The van der Waals surface area contributed by atoms with Gasteiger partial charge in [-0.1, -0.05) is 11.6 Å². The molecule has 0 aromatic heterocycles. The number of carbonyl (C=O) groups is 1. The van der Waals surface area contributed by atoms with Crippen LogP contribution in [-0.4, -0.2) is 31.4 Å². The topological polar surface area (TPSA) is 71.4 Å². The summed E-state index contributed by atoms with van der Waals surface area (Å²) >= 11 is 5.55. The van der Waals surface area contributed by atoms with Crippen LogP contribution in [0.2, 0.25) is 5.02 Å². The molecule has 0 saturated heterocycles. The van der Waals surface area contributed by atoms with Gasteiger partial charge in [-0.25, -0.2) is 17.6 Å². The molecule has 0 amide bonds. The molecule has 16 heavy (non-hydrogen) atoms. The highest BCUT2D eigenvalue weighted by Crippen LogP contribution is 2.16. The maximum absolute atomic E-state index is 12.8. The summed E-state index contributed by atoms with van der Waals surface area (Å²) in [5, 5.41) is 8.62. The number of benzene rings is 1. The minimum Gasteiger partial charge on any atom is -0.479 e. The average molecular weight is 267 g/mol. The lowest BCUT2D eigenvalue weighted by molar-refractivity contribution is -0.141. The Morgan fingerprint density at radius 2 is 1.88 bits per heavy atom. The van der Waals surface area contributed by atoms with Gasteiger partial charge in [-0.3, -0.25) is 0 Å². The average Bonchev–Trinajstić information content (AvgIpc) is 2.17. The standard InChI is InChI=1S/C9H8ClFO4S/c10-6-1-3-7(4-2-6)16(14,15)5-8(11)9(12)13/h1-4,8H,5H2,(H,12,13). The fraction of sp³-hybridized carbons (Fsp3) is 0.222. The molecule has 7 heteroatoms. The van der Waals surface area contributed by atoms with Gasteiger partial charge >= 0.3 is 5.97 Å². The molecule has 0 aliphatic carbocycles. The van der Waals surface area contributed by atoms with E-state index in [4.69, 9.17) is 16.7 Å². The monoisotopic (exact) mass is 266 g/mol. The van der Waals surface area contributed by atoms with Crippen molar-refractivity contribution < 1.29 is 22.7 Å². The first-order valence-electron chi connectivity index (χ1n) is 4.18. The molecule has 0 radical (unpaired) electrons. The van der Waals surface area contributed by atoms with E-state index in [1.165, 1.54) is 24.3 Å². The normalized spacial score (nSPS) is 13.4. The smallest absolute Gasteiger partial charge is 0.339 e. The number of aliphatic carboxylic acids is 1. The number of halogens is 2. The highest BCUT2D eigenvalue weighted by atomic mass is 35.5. The lowest BCUT2D eigenvalue weighted by atomic mass is 10.4. The summed E-state index contributed by atoms with van der Waals surface area (Å²) < 4.78 is 35.8. The molecule has 1 atom stereocenters. The Kier molecular flexibility index (Phi) is 3.88. The molecule has 0 aliphatic heterocycles. The summed E-state index contributed by atoms with van der Waals surface area (Å²) in [5.74, 6) is -2.87. The Bertz CT molecular complexity index is 483. The molecule has 0 saturated carbocycles. The van der Waals surface area contributed by atoms with Gasteiger partial charge < -0.3 is 5.11 Å². The van der Waals surface area contributed by atoms with Crippen LogP contribution in [0.4, 0.5) is 4.39 Å². The Hall–Kier alpha value is -1.14. The van der Waals surface area contributed by atoms with Crippen LogP contribution in [0.1, 0.15) is 0 Å². The van der Waals surface area contributed by atoms with Crippen molar-refractivity contribution in [3.05, 3.63) is 29.3 Å². The third kappa shape index (κ3) is 3.18. The third-order valence-corrected chi connectivity index (χ3v) is 3.78. The van der Waals surface area contributed by atoms with E-state index in [9.17, 15) is 17.6 Å². The minimum atomic E-state index is -3.94. The molecule has 1 N–H and O–H groups in total. The number of hydrogen-bond donors (Lipinski definition) is 1. The number of hydrogen-bond acceptors (Lipinski definition) is 3. The Labute approximate surface area is 96.6 Å². The molecule has 1 rings (SSSR count). The van der Waals surface area contributed by atoms with Crippen molar-refractivity contribution in [1.82, 2.24) is 0 Å². The second-order valence-corrected chi connectivity index (χ2v) is 5.51. The second-order valence-electron chi connectivity index (χ2n) is 3.04. The van der Waals surface area contributed by atoms with Crippen LogP contribution in [0.3, 0.4) is 0 Å². The Balaban J connectivity index is 2.94. The van der Waals surface area contributed by atoms with E-state index in [2.05, 4.69) is 0 Å². The summed E-state index contributed by atoms with van der Waals surface area (Å²) in [6.45, 7) is 0. The van der Waals surface area contributed by atoms with Crippen LogP contribution in [0.25, 0.3) is 0 Å². The van der Waals surface area contributed by atoms with Gasteiger partial charge in [0.15, 0.2) is 9.84 Å².